The van der Waals surface area contributed by atoms with Gasteiger partial charge in [0.05, 0.1) is 12.2 Å². The quantitative estimate of drug-likeness (QED) is 0.355. The third-order valence-electron chi connectivity index (χ3n) is 3.23. The van der Waals surface area contributed by atoms with Crippen molar-refractivity contribution in [1.82, 2.24) is 0 Å². The van der Waals surface area contributed by atoms with E-state index in [0.29, 0.717) is 12.2 Å². The van der Waals surface area contributed by atoms with Crippen molar-refractivity contribution in [3.05, 3.63) is 42.3 Å². The molecule has 0 heterocycles. The molecule has 3 heteroatoms. The van der Waals surface area contributed by atoms with Gasteiger partial charge in [-0.25, -0.2) is 4.79 Å². The number of carbonyl (C=O) groups is 1. The second-order valence-electron chi connectivity index (χ2n) is 4.98. The molecule has 20 heavy (non-hydrogen) atoms. The summed E-state index contributed by atoms with van der Waals surface area (Å²) in [4.78, 5) is 21.5. The van der Waals surface area contributed by atoms with Crippen LogP contribution in [0.25, 0.3) is 0 Å². The zero-order valence-corrected chi connectivity index (χ0v) is 12.4. The van der Waals surface area contributed by atoms with Crippen LogP contribution in [0.1, 0.15) is 60.9 Å². The summed E-state index contributed by atoms with van der Waals surface area (Å²) < 4.78 is 0. The van der Waals surface area contributed by atoms with Crippen LogP contribution in [0.2, 0.25) is 0 Å². The van der Waals surface area contributed by atoms with E-state index in [2.05, 4.69) is 6.92 Å². The molecule has 3 nitrogen and oxygen atoms in total. The van der Waals surface area contributed by atoms with Crippen LogP contribution in [-0.4, -0.2) is 12.6 Å². The summed E-state index contributed by atoms with van der Waals surface area (Å²) >= 11 is 0. The Morgan fingerprint density at radius 1 is 1.05 bits per heavy atom. The lowest BCUT2D eigenvalue weighted by molar-refractivity contribution is -0.241. The topological polar surface area (TPSA) is 35.5 Å². The normalized spacial score (nSPS) is 10.5. The van der Waals surface area contributed by atoms with Crippen molar-refractivity contribution in [2.75, 3.05) is 6.61 Å². The maximum absolute atomic E-state index is 11.7. The molecular formula is C17H25O3. The third kappa shape index (κ3) is 6.71. The molecule has 111 valence electrons. The molecule has 0 aliphatic rings. The zero-order chi connectivity index (χ0) is 14.6. The van der Waals surface area contributed by atoms with Crippen molar-refractivity contribution >= 4 is 5.97 Å². The Morgan fingerprint density at radius 3 is 2.40 bits per heavy atom. The van der Waals surface area contributed by atoms with Crippen LogP contribution < -0.4 is 0 Å². The van der Waals surface area contributed by atoms with Gasteiger partial charge >= 0.3 is 5.97 Å². The maximum Gasteiger partial charge on any atom is 0.373 e. The molecule has 1 rings (SSSR count). The van der Waals surface area contributed by atoms with E-state index in [1.807, 2.05) is 25.1 Å². The first-order valence-corrected chi connectivity index (χ1v) is 7.44. The second-order valence-corrected chi connectivity index (χ2v) is 4.98. The molecule has 0 aromatic heterocycles. The van der Waals surface area contributed by atoms with Gasteiger partial charge in [0, 0.05) is 0 Å². The predicted octanol–water partition coefficient (Wildman–Crippen LogP) is 4.65. The zero-order valence-electron chi connectivity index (χ0n) is 12.4. The summed E-state index contributed by atoms with van der Waals surface area (Å²) in [6.07, 6.45) is 7.98. The van der Waals surface area contributed by atoms with Crippen molar-refractivity contribution in [2.45, 2.75) is 51.9 Å². The van der Waals surface area contributed by atoms with Crippen LogP contribution >= 0.6 is 0 Å². The van der Waals surface area contributed by atoms with E-state index in [-0.39, 0.29) is 0 Å². The average Bonchev–Trinajstić information content (AvgIpc) is 2.46. The highest BCUT2D eigenvalue weighted by atomic mass is 17.2. The fourth-order valence-corrected chi connectivity index (χ4v) is 1.99. The lowest BCUT2D eigenvalue weighted by atomic mass is 10.1. The van der Waals surface area contributed by atoms with Gasteiger partial charge in [0.2, 0.25) is 0 Å². The molecule has 0 atom stereocenters. The van der Waals surface area contributed by atoms with Crippen LogP contribution in [0.3, 0.4) is 0 Å². The van der Waals surface area contributed by atoms with E-state index >= 15 is 0 Å². The lowest BCUT2D eigenvalue weighted by Gasteiger charge is -2.05. The Hall–Kier alpha value is -1.35. The summed E-state index contributed by atoms with van der Waals surface area (Å²) in [5.74, 6) is -0.418. The third-order valence-corrected chi connectivity index (χ3v) is 3.23. The minimum atomic E-state index is -0.418. The van der Waals surface area contributed by atoms with Gasteiger partial charge in [-0.1, -0.05) is 63.6 Å². The molecule has 1 aromatic rings. The molecule has 0 saturated carbocycles. The average molecular weight is 277 g/mol. The van der Waals surface area contributed by atoms with Gasteiger partial charge in [-0.2, -0.15) is 4.89 Å². The van der Waals surface area contributed by atoms with E-state index in [1.54, 1.807) is 6.07 Å². The van der Waals surface area contributed by atoms with E-state index in [1.165, 1.54) is 25.7 Å². The number of hydrogen-bond acceptors (Lipinski definition) is 3. The maximum atomic E-state index is 11.7. The summed E-state index contributed by atoms with van der Waals surface area (Å²) in [5, 5.41) is 0. The predicted molar refractivity (Wildman–Crippen MR) is 80.2 cm³/mol. The van der Waals surface area contributed by atoms with Crippen molar-refractivity contribution in [2.24, 2.45) is 0 Å². The van der Waals surface area contributed by atoms with Gasteiger partial charge in [-0.05, 0) is 25.0 Å². The van der Waals surface area contributed by atoms with E-state index < -0.39 is 5.97 Å². The fourth-order valence-electron chi connectivity index (χ4n) is 1.99. The smallest absolute Gasteiger partial charge is 0.293 e. The van der Waals surface area contributed by atoms with Gasteiger partial charge in [0.25, 0.3) is 0 Å². The van der Waals surface area contributed by atoms with Gasteiger partial charge in [0.1, 0.15) is 0 Å². The Bertz CT molecular complexity index is 388. The number of unbranched alkanes of at least 4 members (excludes halogenated alkanes) is 6. The summed E-state index contributed by atoms with van der Waals surface area (Å²) in [7, 11) is 0. The number of rotatable bonds is 10. The van der Waals surface area contributed by atoms with Crippen molar-refractivity contribution in [1.29, 1.82) is 0 Å². The van der Waals surface area contributed by atoms with E-state index in [9.17, 15) is 4.79 Å². The van der Waals surface area contributed by atoms with Crippen molar-refractivity contribution < 1.29 is 14.6 Å². The highest BCUT2D eigenvalue weighted by Gasteiger charge is 2.10. The van der Waals surface area contributed by atoms with E-state index in [4.69, 9.17) is 9.78 Å². The Labute approximate surface area is 122 Å². The molecular weight excluding hydrogens is 252 g/mol. The van der Waals surface area contributed by atoms with Crippen LogP contribution in [0.4, 0.5) is 0 Å². The Kier molecular flexibility index (Phi) is 8.72. The van der Waals surface area contributed by atoms with Gasteiger partial charge < -0.3 is 0 Å². The first-order chi connectivity index (χ1) is 9.75. The molecule has 0 amide bonds. The highest BCUT2D eigenvalue weighted by molar-refractivity contribution is 5.90. The lowest BCUT2D eigenvalue weighted by Crippen LogP contribution is -2.08. The first-order valence-electron chi connectivity index (χ1n) is 7.44. The highest BCUT2D eigenvalue weighted by Crippen LogP contribution is 2.10. The summed E-state index contributed by atoms with van der Waals surface area (Å²) in [6, 6.07) is 7.32. The molecule has 0 N–H and O–H groups in total. The molecule has 0 saturated heterocycles. The minimum absolute atomic E-state index is 0.418. The molecule has 0 unspecified atom stereocenters. The summed E-state index contributed by atoms with van der Waals surface area (Å²) in [6.45, 7) is 6.17. The molecule has 1 radical (unpaired) electrons. The second kappa shape index (κ2) is 10.4. The standard InChI is InChI=1S/C17H25O3/c1-3-4-5-6-7-8-11-14-19-20-17(18)16-13-10-9-12-15(16)2/h9-10,12-13H,1,3-8,11,14H2,2H3. The van der Waals surface area contributed by atoms with Gasteiger partial charge in [-0.15, -0.1) is 0 Å². The van der Waals surface area contributed by atoms with Crippen LogP contribution in [0.15, 0.2) is 24.3 Å². The molecule has 1 aromatic carbocycles. The van der Waals surface area contributed by atoms with E-state index in [0.717, 1.165) is 24.8 Å². The van der Waals surface area contributed by atoms with Crippen molar-refractivity contribution in [3.63, 3.8) is 0 Å². The number of aryl methyl sites for hydroxylation is 1. The monoisotopic (exact) mass is 277 g/mol. The van der Waals surface area contributed by atoms with Gasteiger partial charge in [-0.3, -0.25) is 4.89 Å². The Balaban J connectivity index is 2.04. The van der Waals surface area contributed by atoms with Crippen LogP contribution in [0, 0.1) is 13.8 Å². The molecule has 0 fully saturated rings. The number of carbonyl (C=O) groups excluding carboxylic acids is 1. The number of hydrogen-bond donors (Lipinski definition) is 0. The molecule has 0 aliphatic carbocycles. The molecule has 0 bridgehead atoms. The SMILES string of the molecule is [CH2]CCCCCCCCOOC(=O)c1ccccc1C. The first kappa shape index (κ1) is 16.7. The molecule has 0 aliphatic heterocycles. The summed E-state index contributed by atoms with van der Waals surface area (Å²) in [5.41, 5.74) is 1.45. The fraction of sp³-hybridized carbons (Fsp3) is 0.529. The van der Waals surface area contributed by atoms with Crippen molar-refractivity contribution in [3.8, 4) is 0 Å². The minimum Gasteiger partial charge on any atom is -0.293 e. The molecule has 0 spiro atoms. The van der Waals surface area contributed by atoms with Crippen LogP contribution in [0.5, 0.6) is 0 Å². The van der Waals surface area contributed by atoms with Gasteiger partial charge in [0.15, 0.2) is 0 Å². The largest absolute Gasteiger partial charge is 0.373 e. The van der Waals surface area contributed by atoms with Crippen LogP contribution in [-0.2, 0) is 9.78 Å². The Morgan fingerprint density at radius 2 is 1.70 bits per heavy atom. The number of benzene rings is 1.